The van der Waals surface area contributed by atoms with E-state index in [0.29, 0.717) is 5.82 Å². The van der Waals surface area contributed by atoms with Crippen LogP contribution in [0.2, 0.25) is 0 Å². The van der Waals surface area contributed by atoms with Gasteiger partial charge in [-0.3, -0.25) is 4.40 Å². The van der Waals surface area contributed by atoms with Crippen LogP contribution in [0.4, 0.5) is 4.79 Å². The van der Waals surface area contributed by atoms with Crippen LogP contribution >= 0.6 is 0 Å². The molecule has 5 aromatic rings. The molecule has 0 saturated carbocycles. The van der Waals surface area contributed by atoms with Gasteiger partial charge in [-0.15, -0.1) is 10.2 Å². The fraction of sp³-hybridized carbons (Fsp3) is 0.0800. The van der Waals surface area contributed by atoms with Crippen LogP contribution in [0.3, 0.4) is 0 Å². The van der Waals surface area contributed by atoms with Gasteiger partial charge in [-0.05, 0) is 34.0 Å². The van der Waals surface area contributed by atoms with E-state index in [1.165, 1.54) is 0 Å². The molecule has 0 fully saturated rings. The SMILES string of the molecule is O=C(NCc1nnc2ccccn12)NC(c1ccccc1)c1cccc2ccccc12. The van der Waals surface area contributed by atoms with Crippen molar-refractivity contribution in [1.29, 1.82) is 0 Å². The summed E-state index contributed by atoms with van der Waals surface area (Å²) in [5.41, 5.74) is 2.81. The predicted octanol–water partition coefficient (Wildman–Crippen LogP) is 4.47. The number of hydrogen-bond acceptors (Lipinski definition) is 3. The molecule has 0 saturated heterocycles. The number of urea groups is 1. The van der Waals surface area contributed by atoms with Gasteiger partial charge >= 0.3 is 6.03 Å². The Bertz CT molecular complexity index is 1340. The van der Waals surface area contributed by atoms with Crippen molar-refractivity contribution < 1.29 is 4.79 Å². The van der Waals surface area contributed by atoms with Crippen molar-refractivity contribution in [3.05, 3.63) is 114 Å². The summed E-state index contributed by atoms with van der Waals surface area (Å²) in [7, 11) is 0. The molecular formula is C25H21N5O. The van der Waals surface area contributed by atoms with Gasteiger partial charge in [0.1, 0.15) is 0 Å². The van der Waals surface area contributed by atoms with Gasteiger partial charge in [0.05, 0.1) is 12.6 Å². The molecule has 5 rings (SSSR count). The number of carbonyl (C=O) groups excluding carboxylic acids is 1. The van der Waals surface area contributed by atoms with Gasteiger partial charge in [0.2, 0.25) is 0 Å². The Morgan fingerprint density at radius 3 is 2.52 bits per heavy atom. The Kier molecular flexibility index (Phi) is 5.02. The fourth-order valence-corrected chi connectivity index (χ4v) is 3.84. The maximum Gasteiger partial charge on any atom is 0.315 e. The minimum atomic E-state index is -0.289. The van der Waals surface area contributed by atoms with E-state index >= 15 is 0 Å². The van der Waals surface area contributed by atoms with Crippen LogP contribution in [0.15, 0.2) is 97.2 Å². The topological polar surface area (TPSA) is 71.3 Å². The first kappa shape index (κ1) is 18.8. The molecule has 2 amide bonds. The lowest BCUT2D eigenvalue weighted by molar-refractivity contribution is 0.238. The second-order valence-electron chi connectivity index (χ2n) is 7.28. The van der Waals surface area contributed by atoms with E-state index in [-0.39, 0.29) is 18.6 Å². The number of benzene rings is 3. The van der Waals surface area contributed by atoms with Crippen LogP contribution in [0.5, 0.6) is 0 Å². The van der Waals surface area contributed by atoms with Crippen molar-refractivity contribution in [2.75, 3.05) is 0 Å². The maximum atomic E-state index is 12.9. The number of nitrogens with one attached hydrogen (secondary N) is 2. The molecule has 0 spiro atoms. The smallest absolute Gasteiger partial charge is 0.315 e. The van der Waals surface area contributed by atoms with Gasteiger partial charge in [0, 0.05) is 6.20 Å². The number of nitrogens with zero attached hydrogens (tertiary/aromatic N) is 3. The molecule has 152 valence electrons. The second kappa shape index (κ2) is 8.28. The summed E-state index contributed by atoms with van der Waals surface area (Å²) in [6.45, 7) is 0.272. The Morgan fingerprint density at radius 2 is 1.61 bits per heavy atom. The average molecular weight is 407 g/mol. The summed E-state index contributed by atoms with van der Waals surface area (Å²) in [6.07, 6.45) is 1.88. The van der Waals surface area contributed by atoms with E-state index in [1.54, 1.807) is 0 Å². The molecular weight excluding hydrogens is 386 g/mol. The number of carbonyl (C=O) groups is 1. The monoisotopic (exact) mass is 407 g/mol. The van der Waals surface area contributed by atoms with Crippen molar-refractivity contribution in [3.63, 3.8) is 0 Å². The lowest BCUT2D eigenvalue weighted by Crippen LogP contribution is -2.38. The first-order chi connectivity index (χ1) is 15.3. The lowest BCUT2D eigenvalue weighted by atomic mass is 9.94. The highest BCUT2D eigenvalue weighted by Gasteiger charge is 2.19. The molecule has 6 heteroatoms. The van der Waals surface area contributed by atoms with Gasteiger partial charge in [0.15, 0.2) is 11.5 Å². The zero-order valence-corrected chi connectivity index (χ0v) is 16.8. The fourth-order valence-electron chi connectivity index (χ4n) is 3.84. The molecule has 0 bridgehead atoms. The highest BCUT2D eigenvalue weighted by Crippen LogP contribution is 2.29. The van der Waals surface area contributed by atoms with Crippen LogP contribution < -0.4 is 10.6 Å². The van der Waals surface area contributed by atoms with Gasteiger partial charge in [-0.1, -0.05) is 78.9 Å². The van der Waals surface area contributed by atoms with Gasteiger partial charge in [0.25, 0.3) is 0 Å². The molecule has 0 aliphatic rings. The summed E-state index contributed by atoms with van der Waals surface area (Å²) >= 11 is 0. The molecule has 0 aliphatic carbocycles. The van der Waals surface area contributed by atoms with Crippen LogP contribution in [0.25, 0.3) is 16.4 Å². The molecule has 1 unspecified atom stereocenters. The van der Waals surface area contributed by atoms with Gasteiger partial charge < -0.3 is 10.6 Å². The maximum absolute atomic E-state index is 12.9. The molecule has 31 heavy (non-hydrogen) atoms. The molecule has 2 N–H and O–H groups in total. The third-order valence-electron chi connectivity index (χ3n) is 5.33. The van der Waals surface area contributed by atoms with Crippen molar-refractivity contribution >= 4 is 22.5 Å². The first-order valence-corrected chi connectivity index (χ1v) is 10.2. The zero-order chi connectivity index (χ0) is 21.0. The normalized spacial score (nSPS) is 12.0. The van der Waals surface area contributed by atoms with E-state index in [1.807, 2.05) is 77.3 Å². The molecule has 6 nitrogen and oxygen atoms in total. The molecule has 2 aromatic heterocycles. The Labute approximate surface area is 179 Å². The quantitative estimate of drug-likeness (QED) is 0.452. The third kappa shape index (κ3) is 3.83. The Morgan fingerprint density at radius 1 is 0.839 bits per heavy atom. The van der Waals surface area contributed by atoms with Crippen LogP contribution in [0, 0.1) is 0 Å². The minimum absolute atomic E-state index is 0.269. The number of rotatable bonds is 5. The van der Waals surface area contributed by atoms with E-state index < -0.39 is 0 Å². The molecule has 0 aliphatic heterocycles. The summed E-state index contributed by atoms with van der Waals surface area (Å²) in [5.74, 6) is 0.673. The number of pyridine rings is 1. The average Bonchev–Trinajstić information content (AvgIpc) is 3.25. The minimum Gasteiger partial charge on any atom is -0.331 e. The summed E-state index contributed by atoms with van der Waals surface area (Å²) in [4.78, 5) is 12.9. The number of aromatic nitrogens is 3. The van der Waals surface area contributed by atoms with E-state index in [0.717, 1.165) is 27.5 Å². The zero-order valence-electron chi connectivity index (χ0n) is 16.8. The summed E-state index contributed by atoms with van der Waals surface area (Å²) in [5, 5.41) is 16.6. The number of amides is 2. The van der Waals surface area contributed by atoms with Crippen molar-refractivity contribution in [1.82, 2.24) is 25.2 Å². The van der Waals surface area contributed by atoms with E-state index in [2.05, 4.69) is 45.1 Å². The largest absolute Gasteiger partial charge is 0.331 e. The molecule has 2 heterocycles. The Hall–Kier alpha value is -4.19. The molecule has 0 radical (unpaired) electrons. The number of fused-ring (bicyclic) bond motifs is 2. The third-order valence-corrected chi connectivity index (χ3v) is 5.33. The van der Waals surface area contributed by atoms with Gasteiger partial charge in [-0.25, -0.2) is 4.79 Å². The summed E-state index contributed by atoms with van der Waals surface area (Å²) in [6, 6.07) is 29.5. The second-order valence-corrected chi connectivity index (χ2v) is 7.28. The van der Waals surface area contributed by atoms with E-state index in [9.17, 15) is 4.79 Å². The predicted molar refractivity (Wildman–Crippen MR) is 121 cm³/mol. The summed E-state index contributed by atoms with van der Waals surface area (Å²) < 4.78 is 1.86. The highest BCUT2D eigenvalue weighted by atomic mass is 16.2. The van der Waals surface area contributed by atoms with Crippen LogP contribution in [-0.4, -0.2) is 20.6 Å². The van der Waals surface area contributed by atoms with Crippen molar-refractivity contribution in [2.24, 2.45) is 0 Å². The van der Waals surface area contributed by atoms with Gasteiger partial charge in [-0.2, -0.15) is 0 Å². The van der Waals surface area contributed by atoms with Crippen LogP contribution in [0.1, 0.15) is 23.0 Å². The highest BCUT2D eigenvalue weighted by molar-refractivity contribution is 5.87. The van der Waals surface area contributed by atoms with Crippen molar-refractivity contribution in [3.8, 4) is 0 Å². The van der Waals surface area contributed by atoms with Crippen molar-refractivity contribution in [2.45, 2.75) is 12.6 Å². The van der Waals surface area contributed by atoms with Crippen LogP contribution in [-0.2, 0) is 6.54 Å². The first-order valence-electron chi connectivity index (χ1n) is 10.2. The number of hydrogen-bond donors (Lipinski definition) is 2. The standard InChI is InChI=1S/C25H21N5O/c31-25(26-17-23-29-28-22-15-6-7-16-30(22)23)27-24(19-10-2-1-3-11-19)21-14-8-12-18-9-4-5-13-20(18)21/h1-16,24H,17H2,(H2,26,27,31). The lowest BCUT2D eigenvalue weighted by Gasteiger charge is -2.22. The van der Waals surface area contributed by atoms with E-state index in [4.69, 9.17) is 0 Å². The molecule has 1 atom stereocenters. The molecule has 3 aromatic carbocycles. The Balaban J connectivity index is 1.42.